The molecule has 0 amide bonds. The molecule has 0 aliphatic rings. The lowest BCUT2D eigenvalue weighted by Gasteiger charge is -1.88. The van der Waals surface area contributed by atoms with Crippen molar-refractivity contribution in [2.75, 3.05) is 7.11 Å². The summed E-state index contributed by atoms with van der Waals surface area (Å²) < 4.78 is 10.0. The van der Waals surface area contributed by atoms with Gasteiger partial charge >= 0.3 is 0 Å². The molecule has 6 heteroatoms. The first-order chi connectivity index (χ1) is 7.20. The van der Waals surface area contributed by atoms with E-state index in [0.29, 0.717) is 18.3 Å². The van der Waals surface area contributed by atoms with Crippen LogP contribution in [0.2, 0.25) is 0 Å². The fraction of sp³-hybridized carbons (Fsp3) is 0.444. The normalized spacial score (nSPS) is 10.9. The van der Waals surface area contributed by atoms with Crippen LogP contribution < -0.4 is 0 Å². The van der Waals surface area contributed by atoms with Gasteiger partial charge < -0.3 is 9.26 Å². The lowest BCUT2D eigenvalue weighted by atomic mass is 10.4. The van der Waals surface area contributed by atoms with Gasteiger partial charge in [0.1, 0.15) is 11.5 Å². The molecule has 0 aromatic carbocycles. The summed E-state index contributed by atoms with van der Waals surface area (Å²) in [5, 5.41) is 4.79. The molecule has 0 fully saturated rings. The molecule has 0 saturated carbocycles. The average molecular weight is 225 g/mol. The van der Waals surface area contributed by atoms with Crippen LogP contribution in [-0.2, 0) is 11.3 Å². The average Bonchev–Trinajstić information content (AvgIpc) is 2.73. The highest BCUT2D eigenvalue weighted by molar-refractivity contribution is 7.15. The number of nitrogens with zero attached hydrogens (tertiary/aromatic N) is 3. The summed E-state index contributed by atoms with van der Waals surface area (Å²) in [5.41, 5.74) is 0.921. The number of aryl methyl sites for hydroxylation is 2. The highest BCUT2D eigenvalue weighted by Crippen LogP contribution is 2.28. The third-order valence-corrected chi connectivity index (χ3v) is 2.90. The predicted octanol–water partition coefficient (Wildman–Crippen LogP) is 1.96. The van der Waals surface area contributed by atoms with Crippen molar-refractivity contribution in [3.63, 3.8) is 0 Å². The van der Waals surface area contributed by atoms with Gasteiger partial charge in [0.2, 0.25) is 0 Å². The van der Waals surface area contributed by atoms with Gasteiger partial charge in [-0.1, -0.05) is 5.16 Å². The Labute approximate surface area is 91.1 Å². The summed E-state index contributed by atoms with van der Waals surface area (Å²) in [5.74, 6) is 1.07. The fourth-order valence-electron chi connectivity index (χ4n) is 1.26. The van der Waals surface area contributed by atoms with E-state index < -0.39 is 0 Å². The molecule has 2 aromatic rings. The van der Waals surface area contributed by atoms with Crippen molar-refractivity contribution in [2.24, 2.45) is 0 Å². The third kappa shape index (κ3) is 2.05. The molecular formula is C9H11N3O2S. The molecule has 0 aliphatic heterocycles. The Morgan fingerprint density at radius 1 is 1.33 bits per heavy atom. The van der Waals surface area contributed by atoms with Crippen LogP contribution in [0.15, 0.2) is 4.52 Å². The highest BCUT2D eigenvalue weighted by Gasteiger charge is 2.14. The topological polar surface area (TPSA) is 61.0 Å². The highest BCUT2D eigenvalue weighted by atomic mass is 32.1. The van der Waals surface area contributed by atoms with Gasteiger partial charge in [0.05, 0.1) is 10.7 Å². The number of thiazole rings is 1. The van der Waals surface area contributed by atoms with Crippen LogP contribution in [0, 0.1) is 13.8 Å². The fourth-order valence-corrected chi connectivity index (χ4v) is 2.11. The molecule has 5 nitrogen and oxygen atoms in total. The van der Waals surface area contributed by atoms with Crippen LogP contribution >= 0.6 is 11.3 Å². The van der Waals surface area contributed by atoms with Crippen LogP contribution in [0.5, 0.6) is 0 Å². The van der Waals surface area contributed by atoms with Gasteiger partial charge in [-0.15, -0.1) is 11.3 Å². The number of ether oxygens (including phenoxy) is 1. The standard InChI is InChI=1S/C9H11N3O2S/c1-5-8(15-6(2)10-5)9-11-7(4-13-3)12-14-9/h4H2,1-3H3. The Kier molecular flexibility index (Phi) is 2.79. The van der Waals surface area contributed by atoms with E-state index in [4.69, 9.17) is 9.26 Å². The van der Waals surface area contributed by atoms with Gasteiger partial charge in [-0.05, 0) is 13.8 Å². The zero-order valence-corrected chi connectivity index (χ0v) is 9.59. The van der Waals surface area contributed by atoms with E-state index in [9.17, 15) is 0 Å². The van der Waals surface area contributed by atoms with E-state index in [1.165, 1.54) is 0 Å². The molecule has 0 N–H and O–H groups in total. The van der Waals surface area contributed by atoms with E-state index in [1.807, 2.05) is 13.8 Å². The zero-order valence-electron chi connectivity index (χ0n) is 8.77. The summed E-state index contributed by atoms with van der Waals surface area (Å²) in [6, 6.07) is 0. The van der Waals surface area contributed by atoms with Crippen molar-refractivity contribution < 1.29 is 9.26 Å². The first-order valence-corrected chi connectivity index (χ1v) is 5.28. The number of hydrogen-bond donors (Lipinski definition) is 0. The maximum Gasteiger partial charge on any atom is 0.270 e. The van der Waals surface area contributed by atoms with Gasteiger partial charge in [-0.3, -0.25) is 0 Å². The van der Waals surface area contributed by atoms with Gasteiger partial charge in [-0.2, -0.15) is 4.98 Å². The second kappa shape index (κ2) is 4.08. The summed E-state index contributed by atoms with van der Waals surface area (Å²) in [7, 11) is 1.60. The maximum atomic E-state index is 5.13. The summed E-state index contributed by atoms with van der Waals surface area (Å²) >= 11 is 1.55. The molecule has 2 heterocycles. The lowest BCUT2D eigenvalue weighted by Crippen LogP contribution is -1.89. The minimum absolute atomic E-state index is 0.361. The number of aromatic nitrogens is 3. The number of methoxy groups -OCH3 is 1. The molecule has 0 unspecified atom stereocenters. The van der Waals surface area contributed by atoms with Crippen molar-refractivity contribution in [1.29, 1.82) is 0 Å². The van der Waals surface area contributed by atoms with Gasteiger partial charge in [0.15, 0.2) is 5.82 Å². The van der Waals surface area contributed by atoms with E-state index in [0.717, 1.165) is 15.6 Å². The largest absolute Gasteiger partial charge is 0.377 e. The molecule has 2 rings (SSSR count). The Balaban J connectivity index is 2.32. The van der Waals surface area contributed by atoms with Gasteiger partial charge in [-0.25, -0.2) is 4.98 Å². The Morgan fingerprint density at radius 2 is 2.13 bits per heavy atom. The second-order valence-electron chi connectivity index (χ2n) is 3.10. The van der Waals surface area contributed by atoms with E-state index >= 15 is 0 Å². The molecule has 0 aliphatic carbocycles. The van der Waals surface area contributed by atoms with Crippen molar-refractivity contribution in [2.45, 2.75) is 20.5 Å². The minimum Gasteiger partial charge on any atom is -0.377 e. The summed E-state index contributed by atoms with van der Waals surface area (Å²) in [6.07, 6.45) is 0. The van der Waals surface area contributed by atoms with E-state index in [1.54, 1.807) is 18.4 Å². The molecular weight excluding hydrogens is 214 g/mol. The summed E-state index contributed by atoms with van der Waals surface area (Å²) in [6.45, 7) is 4.24. The number of rotatable bonds is 3. The van der Waals surface area contributed by atoms with Gasteiger partial charge in [0, 0.05) is 7.11 Å². The Morgan fingerprint density at radius 3 is 2.73 bits per heavy atom. The quantitative estimate of drug-likeness (QED) is 0.799. The molecule has 15 heavy (non-hydrogen) atoms. The maximum absolute atomic E-state index is 5.13. The van der Waals surface area contributed by atoms with Crippen molar-refractivity contribution in [1.82, 2.24) is 15.1 Å². The Bertz CT molecular complexity index is 464. The van der Waals surface area contributed by atoms with Crippen molar-refractivity contribution >= 4 is 11.3 Å². The van der Waals surface area contributed by atoms with Crippen LogP contribution in [0.25, 0.3) is 10.8 Å². The SMILES string of the molecule is COCc1noc(-c2sc(C)nc2C)n1. The van der Waals surface area contributed by atoms with Crippen LogP contribution in [0.3, 0.4) is 0 Å². The van der Waals surface area contributed by atoms with Gasteiger partial charge in [0.25, 0.3) is 5.89 Å². The molecule has 0 bridgehead atoms. The first kappa shape index (κ1) is 10.3. The lowest BCUT2D eigenvalue weighted by molar-refractivity contribution is 0.174. The monoisotopic (exact) mass is 225 g/mol. The molecule has 80 valence electrons. The minimum atomic E-state index is 0.361. The Hall–Kier alpha value is -1.27. The third-order valence-electron chi connectivity index (χ3n) is 1.84. The second-order valence-corrected chi connectivity index (χ2v) is 4.30. The van der Waals surface area contributed by atoms with Crippen molar-refractivity contribution in [3.05, 3.63) is 16.5 Å². The van der Waals surface area contributed by atoms with E-state index in [2.05, 4.69) is 15.1 Å². The van der Waals surface area contributed by atoms with E-state index in [-0.39, 0.29) is 0 Å². The zero-order chi connectivity index (χ0) is 10.8. The smallest absolute Gasteiger partial charge is 0.270 e. The molecule has 0 spiro atoms. The van der Waals surface area contributed by atoms with Crippen molar-refractivity contribution in [3.8, 4) is 10.8 Å². The molecule has 0 radical (unpaired) electrons. The summed E-state index contributed by atoms with van der Waals surface area (Å²) in [4.78, 5) is 9.45. The molecule has 0 atom stereocenters. The predicted molar refractivity (Wildman–Crippen MR) is 55.6 cm³/mol. The molecule has 0 saturated heterocycles. The van der Waals surface area contributed by atoms with Crippen LogP contribution in [-0.4, -0.2) is 22.2 Å². The van der Waals surface area contributed by atoms with Crippen LogP contribution in [0.4, 0.5) is 0 Å². The molecule has 2 aromatic heterocycles. The first-order valence-electron chi connectivity index (χ1n) is 4.46. The van der Waals surface area contributed by atoms with Crippen LogP contribution in [0.1, 0.15) is 16.5 Å². The number of hydrogen-bond acceptors (Lipinski definition) is 6.